The predicted molar refractivity (Wildman–Crippen MR) is 78.5 cm³/mol. The zero-order valence-electron chi connectivity index (χ0n) is 12.3. The Bertz CT molecular complexity index is 476. The minimum Gasteiger partial charge on any atom is -0.354 e. The summed E-state index contributed by atoms with van der Waals surface area (Å²) in [7, 11) is 0. The van der Waals surface area contributed by atoms with Crippen molar-refractivity contribution in [1.29, 1.82) is 0 Å². The second-order valence-electron chi connectivity index (χ2n) is 6.31. The highest BCUT2D eigenvalue weighted by Gasteiger charge is 2.26. The number of aryl methyl sites for hydroxylation is 1. The molecule has 0 aromatic carbocycles. The quantitative estimate of drug-likeness (QED) is 0.894. The molecule has 1 amide bonds. The second-order valence-corrected chi connectivity index (χ2v) is 7.34. The van der Waals surface area contributed by atoms with Crippen molar-refractivity contribution < 1.29 is 4.79 Å². The molecule has 0 radical (unpaired) electrons. The maximum atomic E-state index is 11.2. The first-order valence-electron chi connectivity index (χ1n) is 6.78. The van der Waals surface area contributed by atoms with Crippen molar-refractivity contribution in [2.24, 2.45) is 0 Å². The lowest BCUT2D eigenvalue weighted by Crippen LogP contribution is -2.33. The molecule has 5 heteroatoms. The first-order chi connectivity index (χ1) is 8.77. The van der Waals surface area contributed by atoms with Gasteiger partial charge in [0.15, 0.2) is 0 Å². The SMILES string of the molecule is Cc1nc(C(C)(C)C)sc1C(C)NC1CNC(=O)C1. The van der Waals surface area contributed by atoms with E-state index in [9.17, 15) is 4.79 Å². The van der Waals surface area contributed by atoms with Crippen molar-refractivity contribution >= 4 is 17.2 Å². The number of carbonyl (C=O) groups excluding carboxylic acids is 1. The fraction of sp³-hybridized carbons (Fsp3) is 0.714. The summed E-state index contributed by atoms with van der Waals surface area (Å²) in [5.74, 6) is 0.140. The van der Waals surface area contributed by atoms with Crippen LogP contribution in [0.15, 0.2) is 0 Å². The van der Waals surface area contributed by atoms with Crippen LogP contribution < -0.4 is 10.6 Å². The highest BCUT2D eigenvalue weighted by molar-refractivity contribution is 7.12. The molecular weight excluding hydrogens is 258 g/mol. The van der Waals surface area contributed by atoms with Crippen molar-refractivity contribution in [3.63, 3.8) is 0 Å². The highest BCUT2D eigenvalue weighted by Crippen LogP contribution is 2.32. The lowest BCUT2D eigenvalue weighted by Gasteiger charge is -2.17. The summed E-state index contributed by atoms with van der Waals surface area (Å²) >= 11 is 1.78. The Morgan fingerprint density at radius 1 is 1.47 bits per heavy atom. The number of carbonyl (C=O) groups is 1. The van der Waals surface area contributed by atoms with Crippen LogP contribution in [0.5, 0.6) is 0 Å². The Hall–Kier alpha value is -0.940. The van der Waals surface area contributed by atoms with Gasteiger partial charge in [0.25, 0.3) is 0 Å². The first-order valence-corrected chi connectivity index (χ1v) is 7.59. The monoisotopic (exact) mass is 281 g/mol. The van der Waals surface area contributed by atoms with Crippen molar-refractivity contribution in [2.75, 3.05) is 6.54 Å². The van der Waals surface area contributed by atoms with Crippen molar-refractivity contribution in [1.82, 2.24) is 15.6 Å². The number of amides is 1. The van der Waals surface area contributed by atoms with Gasteiger partial charge in [-0.1, -0.05) is 20.8 Å². The van der Waals surface area contributed by atoms with Crippen LogP contribution in [0.25, 0.3) is 0 Å². The van der Waals surface area contributed by atoms with Gasteiger partial charge in [-0.15, -0.1) is 11.3 Å². The highest BCUT2D eigenvalue weighted by atomic mass is 32.1. The van der Waals surface area contributed by atoms with Crippen LogP contribution in [0.1, 0.15) is 55.7 Å². The van der Waals surface area contributed by atoms with Crippen LogP contribution in [-0.4, -0.2) is 23.5 Å². The molecule has 2 rings (SSSR count). The molecule has 0 saturated carbocycles. The van der Waals surface area contributed by atoms with Crippen LogP contribution in [0.2, 0.25) is 0 Å². The molecule has 2 atom stereocenters. The molecule has 2 unspecified atom stereocenters. The zero-order valence-corrected chi connectivity index (χ0v) is 13.1. The fourth-order valence-electron chi connectivity index (χ4n) is 2.28. The van der Waals surface area contributed by atoms with Gasteiger partial charge >= 0.3 is 0 Å². The number of hydrogen-bond donors (Lipinski definition) is 2. The van der Waals surface area contributed by atoms with Crippen molar-refractivity contribution in [3.05, 3.63) is 15.6 Å². The van der Waals surface area contributed by atoms with Crippen LogP contribution in [0, 0.1) is 6.92 Å². The van der Waals surface area contributed by atoms with Gasteiger partial charge in [0.05, 0.1) is 10.7 Å². The summed E-state index contributed by atoms with van der Waals surface area (Å²) in [6.45, 7) is 11.5. The van der Waals surface area contributed by atoms with E-state index in [0.717, 1.165) is 12.2 Å². The van der Waals surface area contributed by atoms with E-state index in [1.165, 1.54) is 9.88 Å². The van der Waals surface area contributed by atoms with Gasteiger partial charge in [0.2, 0.25) is 5.91 Å². The van der Waals surface area contributed by atoms with E-state index in [1.807, 2.05) is 0 Å². The molecule has 1 aromatic heterocycles. The van der Waals surface area contributed by atoms with Gasteiger partial charge in [-0.25, -0.2) is 4.98 Å². The first kappa shape index (κ1) is 14.5. The average Bonchev–Trinajstić information content (AvgIpc) is 2.84. The van der Waals surface area contributed by atoms with Crippen LogP contribution in [0.4, 0.5) is 0 Å². The largest absolute Gasteiger partial charge is 0.354 e. The second kappa shape index (κ2) is 5.21. The lowest BCUT2D eigenvalue weighted by molar-refractivity contribution is -0.119. The van der Waals surface area contributed by atoms with Gasteiger partial charge < -0.3 is 10.6 Å². The van der Waals surface area contributed by atoms with Gasteiger partial charge in [0.1, 0.15) is 0 Å². The van der Waals surface area contributed by atoms with E-state index in [1.54, 1.807) is 11.3 Å². The summed E-state index contributed by atoms with van der Waals surface area (Å²) in [6, 6.07) is 0.480. The zero-order chi connectivity index (χ0) is 14.2. The molecule has 4 nitrogen and oxygen atoms in total. The predicted octanol–water partition coefficient (Wildman–Crippen LogP) is 2.29. The minimum absolute atomic E-state index is 0.0955. The smallest absolute Gasteiger partial charge is 0.221 e. The third kappa shape index (κ3) is 3.34. The molecule has 1 aliphatic rings. The Kier molecular flexibility index (Phi) is 3.97. The minimum atomic E-state index is 0.0955. The fourth-order valence-corrected chi connectivity index (χ4v) is 3.42. The summed E-state index contributed by atoms with van der Waals surface area (Å²) in [4.78, 5) is 17.2. The average molecular weight is 281 g/mol. The van der Waals surface area contributed by atoms with Crippen molar-refractivity contribution in [3.8, 4) is 0 Å². The van der Waals surface area contributed by atoms with Gasteiger partial charge in [0, 0.05) is 35.3 Å². The molecule has 19 heavy (non-hydrogen) atoms. The Balaban J connectivity index is 2.08. The molecule has 0 spiro atoms. The van der Waals surface area contributed by atoms with Crippen LogP contribution >= 0.6 is 11.3 Å². The van der Waals surface area contributed by atoms with Crippen LogP contribution in [-0.2, 0) is 10.2 Å². The van der Waals surface area contributed by atoms with E-state index >= 15 is 0 Å². The molecule has 2 N–H and O–H groups in total. The van der Waals surface area contributed by atoms with E-state index in [4.69, 9.17) is 0 Å². The number of thiazole rings is 1. The standard InChI is InChI=1S/C14H23N3OS/c1-8(16-10-6-11(18)15-7-10)12-9(2)17-13(19-12)14(3,4)5/h8,10,16H,6-7H2,1-5H3,(H,15,18). The number of nitrogens with zero attached hydrogens (tertiary/aromatic N) is 1. The molecule has 1 saturated heterocycles. The molecular formula is C14H23N3OS. The number of hydrogen-bond acceptors (Lipinski definition) is 4. The van der Waals surface area contributed by atoms with Crippen LogP contribution in [0.3, 0.4) is 0 Å². The summed E-state index contributed by atoms with van der Waals surface area (Å²) < 4.78 is 0. The Labute approximate surface area is 119 Å². The van der Waals surface area contributed by atoms with Gasteiger partial charge in [-0.2, -0.15) is 0 Å². The number of aromatic nitrogens is 1. The lowest BCUT2D eigenvalue weighted by atomic mass is 9.98. The molecule has 2 heterocycles. The van der Waals surface area contributed by atoms with E-state index < -0.39 is 0 Å². The number of rotatable bonds is 3. The summed E-state index contributed by atoms with van der Waals surface area (Å²) in [5, 5.41) is 7.55. The van der Waals surface area contributed by atoms with E-state index in [-0.39, 0.29) is 23.4 Å². The Morgan fingerprint density at radius 2 is 2.16 bits per heavy atom. The van der Waals surface area contributed by atoms with Crippen molar-refractivity contribution in [2.45, 2.75) is 58.5 Å². The number of nitrogens with one attached hydrogen (secondary N) is 2. The maximum absolute atomic E-state index is 11.2. The molecule has 106 valence electrons. The normalized spacial score (nSPS) is 21.5. The summed E-state index contributed by atoms with van der Waals surface area (Å²) in [6.07, 6.45) is 0.578. The van der Waals surface area contributed by atoms with Gasteiger partial charge in [-0.3, -0.25) is 4.79 Å². The molecule has 1 aliphatic heterocycles. The third-order valence-electron chi connectivity index (χ3n) is 3.33. The molecule has 1 fully saturated rings. The summed E-state index contributed by atoms with van der Waals surface area (Å²) in [5.41, 5.74) is 1.20. The molecule has 0 aliphatic carbocycles. The van der Waals surface area contributed by atoms with E-state index in [0.29, 0.717) is 6.42 Å². The Morgan fingerprint density at radius 3 is 2.63 bits per heavy atom. The molecule has 1 aromatic rings. The van der Waals surface area contributed by atoms with E-state index in [2.05, 4.69) is 50.2 Å². The molecule has 0 bridgehead atoms. The third-order valence-corrected chi connectivity index (χ3v) is 5.10. The van der Waals surface area contributed by atoms with Gasteiger partial charge in [-0.05, 0) is 13.8 Å². The topological polar surface area (TPSA) is 54.0 Å². The maximum Gasteiger partial charge on any atom is 0.221 e.